The molecule has 0 saturated heterocycles. The van der Waals surface area contributed by atoms with Gasteiger partial charge in [-0.2, -0.15) is 5.10 Å². The highest BCUT2D eigenvalue weighted by atomic mass is 16.4. The summed E-state index contributed by atoms with van der Waals surface area (Å²) < 4.78 is 1.68. The first-order chi connectivity index (χ1) is 9.91. The van der Waals surface area contributed by atoms with Crippen LogP contribution in [0.2, 0.25) is 0 Å². The lowest BCUT2D eigenvalue weighted by Crippen LogP contribution is -2.38. The number of hydrogen-bond acceptors (Lipinski definition) is 3. The lowest BCUT2D eigenvalue weighted by Gasteiger charge is -2.09. The van der Waals surface area contributed by atoms with Crippen LogP contribution in [0.1, 0.15) is 28.7 Å². The number of carboxylic acids is 1. The van der Waals surface area contributed by atoms with E-state index in [0.717, 1.165) is 5.69 Å². The third-order valence-electron chi connectivity index (χ3n) is 3.24. The van der Waals surface area contributed by atoms with Crippen molar-refractivity contribution in [2.24, 2.45) is 0 Å². The van der Waals surface area contributed by atoms with Gasteiger partial charge in [0.2, 0.25) is 0 Å². The highest BCUT2D eigenvalue weighted by Crippen LogP contribution is 2.17. The van der Waals surface area contributed by atoms with E-state index >= 15 is 0 Å². The number of nitrogens with zero attached hydrogens (tertiary/aromatic N) is 2. The molecule has 2 aromatic rings. The Hall–Kier alpha value is -2.63. The molecule has 110 valence electrons. The number of hydrogen-bond donors (Lipinski definition) is 2. The molecule has 1 amide bonds. The summed E-state index contributed by atoms with van der Waals surface area (Å²) in [5, 5.41) is 15.7. The summed E-state index contributed by atoms with van der Waals surface area (Å²) in [6.45, 7) is 4.94. The molecule has 0 spiro atoms. The minimum absolute atomic E-state index is 0.409. The topological polar surface area (TPSA) is 84.2 Å². The van der Waals surface area contributed by atoms with Crippen molar-refractivity contribution in [2.45, 2.75) is 26.8 Å². The normalized spacial score (nSPS) is 12.0. The van der Waals surface area contributed by atoms with Crippen LogP contribution >= 0.6 is 0 Å². The second-order valence-corrected chi connectivity index (χ2v) is 4.83. The van der Waals surface area contributed by atoms with Crippen LogP contribution < -0.4 is 5.32 Å². The van der Waals surface area contributed by atoms with Gasteiger partial charge in [0.1, 0.15) is 6.04 Å². The number of para-hydroxylation sites is 1. The molecule has 6 nitrogen and oxygen atoms in total. The molecule has 1 aromatic carbocycles. The van der Waals surface area contributed by atoms with Gasteiger partial charge >= 0.3 is 5.97 Å². The van der Waals surface area contributed by atoms with E-state index < -0.39 is 17.9 Å². The van der Waals surface area contributed by atoms with Crippen molar-refractivity contribution in [2.75, 3.05) is 0 Å². The van der Waals surface area contributed by atoms with Gasteiger partial charge in [-0.15, -0.1) is 0 Å². The third kappa shape index (κ3) is 2.94. The van der Waals surface area contributed by atoms with Crippen molar-refractivity contribution in [3.63, 3.8) is 0 Å². The standard InChI is InChI=1S/C15H17N3O3/c1-9-13(14(19)16-10(2)15(20)21)11(3)18(17-9)12-7-5-4-6-8-12/h4-8,10H,1-3H3,(H,16,19)(H,20,21)/t10-/m0/s1. The molecule has 1 aromatic heterocycles. The largest absolute Gasteiger partial charge is 0.480 e. The van der Waals surface area contributed by atoms with Crippen molar-refractivity contribution in [1.29, 1.82) is 0 Å². The quantitative estimate of drug-likeness (QED) is 0.896. The van der Waals surface area contributed by atoms with E-state index in [9.17, 15) is 9.59 Å². The first-order valence-electron chi connectivity index (χ1n) is 6.57. The number of aromatic nitrogens is 2. The predicted octanol–water partition coefficient (Wildman–Crippen LogP) is 1.69. The number of amides is 1. The second kappa shape index (κ2) is 5.78. The molecule has 0 radical (unpaired) electrons. The number of carbonyl (C=O) groups is 2. The second-order valence-electron chi connectivity index (χ2n) is 4.83. The zero-order valence-corrected chi connectivity index (χ0v) is 12.1. The van der Waals surface area contributed by atoms with Gasteiger partial charge in [-0.1, -0.05) is 18.2 Å². The van der Waals surface area contributed by atoms with Crippen LogP contribution in [-0.2, 0) is 4.79 Å². The van der Waals surface area contributed by atoms with E-state index in [-0.39, 0.29) is 0 Å². The Morgan fingerprint density at radius 1 is 1.24 bits per heavy atom. The fraction of sp³-hybridized carbons (Fsp3) is 0.267. The number of aryl methyl sites for hydroxylation is 1. The van der Waals surface area contributed by atoms with Gasteiger partial charge in [-0.3, -0.25) is 9.59 Å². The van der Waals surface area contributed by atoms with E-state index in [1.807, 2.05) is 30.3 Å². The van der Waals surface area contributed by atoms with E-state index in [4.69, 9.17) is 5.11 Å². The molecule has 6 heteroatoms. The summed E-state index contributed by atoms with van der Waals surface area (Å²) in [6, 6.07) is 8.51. The molecule has 2 rings (SSSR count). The smallest absolute Gasteiger partial charge is 0.325 e. The number of aliphatic carboxylic acids is 1. The maximum atomic E-state index is 12.2. The van der Waals surface area contributed by atoms with Gasteiger partial charge in [-0.25, -0.2) is 4.68 Å². The molecule has 21 heavy (non-hydrogen) atoms. The number of rotatable bonds is 4. The Kier molecular flexibility index (Phi) is 4.07. The Bertz CT molecular complexity index is 677. The maximum Gasteiger partial charge on any atom is 0.325 e. The van der Waals surface area contributed by atoms with Crippen LogP contribution in [-0.4, -0.2) is 32.8 Å². The number of nitrogens with one attached hydrogen (secondary N) is 1. The average Bonchev–Trinajstić information content (AvgIpc) is 2.74. The SMILES string of the molecule is Cc1nn(-c2ccccc2)c(C)c1C(=O)N[C@@H](C)C(=O)O. The zero-order valence-electron chi connectivity index (χ0n) is 12.1. The zero-order chi connectivity index (χ0) is 15.6. The van der Waals surface area contributed by atoms with Gasteiger partial charge in [0, 0.05) is 0 Å². The fourth-order valence-electron chi connectivity index (χ4n) is 2.12. The van der Waals surface area contributed by atoms with Gasteiger partial charge in [0.15, 0.2) is 0 Å². The molecule has 0 aliphatic carbocycles. The van der Waals surface area contributed by atoms with Crippen LogP contribution in [0.5, 0.6) is 0 Å². The summed E-state index contributed by atoms with van der Waals surface area (Å²) in [4.78, 5) is 23.0. The van der Waals surface area contributed by atoms with Crippen LogP contribution in [0.15, 0.2) is 30.3 Å². The van der Waals surface area contributed by atoms with E-state index in [2.05, 4.69) is 10.4 Å². The monoisotopic (exact) mass is 287 g/mol. The molecule has 0 fully saturated rings. The lowest BCUT2D eigenvalue weighted by molar-refractivity contribution is -0.138. The molecule has 2 N–H and O–H groups in total. The number of benzene rings is 1. The molecule has 0 unspecified atom stereocenters. The number of carboxylic acid groups (broad SMARTS) is 1. The van der Waals surface area contributed by atoms with Gasteiger partial charge in [0.05, 0.1) is 22.6 Å². The lowest BCUT2D eigenvalue weighted by atomic mass is 10.1. The van der Waals surface area contributed by atoms with Crippen molar-refractivity contribution in [3.05, 3.63) is 47.3 Å². The molecular weight excluding hydrogens is 270 g/mol. The predicted molar refractivity (Wildman–Crippen MR) is 77.6 cm³/mol. The van der Waals surface area contributed by atoms with Crippen LogP contribution in [0.3, 0.4) is 0 Å². The van der Waals surface area contributed by atoms with Crippen molar-refractivity contribution < 1.29 is 14.7 Å². The summed E-state index contributed by atoms with van der Waals surface area (Å²) in [5.74, 6) is -1.50. The molecule has 1 heterocycles. The minimum atomic E-state index is -1.07. The van der Waals surface area contributed by atoms with E-state index in [1.54, 1.807) is 18.5 Å². The first kappa shape index (κ1) is 14.8. The Morgan fingerprint density at radius 3 is 2.43 bits per heavy atom. The number of carbonyl (C=O) groups excluding carboxylic acids is 1. The maximum absolute atomic E-state index is 12.2. The summed E-state index contributed by atoms with van der Waals surface area (Å²) in [7, 11) is 0. The Morgan fingerprint density at radius 2 is 1.86 bits per heavy atom. The summed E-state index contributed by atoms with van der Waals surface area (Å²) in [6.07, 6.45) is 0. The van der Waals surface area contributed by atoms with Crippen molar-refractivity contribution >= 4 is 11.9 Å². The van der Waals surface area contributed by atoms with Gasteiger partial charge < -0.3 is 10.4 Å². The third-order valence-corrected chi connectivity index (χ3v) is 3.24. The molecule has 0 aliphatic rings. The Labute approximate surface area is 122 Å². The van der Waals surface area contributed by atoms with Crippen molar-refractivity contribution in [1.82, 2.24) is 15.1 Å². The van der Waals surface area contributed by atoms with Crippen LogP contribution in [0, 0.1) is 13.8 Å². The van der Waals surface area contributed by atoms with E-state index in [0.29, 0.717) is 17.0 Å². The molecule has 0 bridgehead atoms. The molecule has 0 aliphatic heterocycles. The summed E-state index contributed by atoms with van der Waals surface area (Å²) >= 11 is 0. The van der Waals surface area contributed by atoms with Crippen molar-refractivity contribution in [3.8, 4) is 5.69 Å². The van der Waals surface area contributed by atoms with Crippen LogP contribution in [0.25, 0.3) is 5.69 Å². The van der Waals surface area contributed by atoms with Crippen LogP contribution in [0.4, 0.5) is 0 Å². The highest BCUT2D eigenvalue weighted by molar-refractivity contribution is 5.98. The highest BCUT2D eigenvalue weighted by Gasteiger charge is 2.22. The average molecular weight is 287 g/mol. The fourth-order valence-corrected chi connectivity index (χ4v) is 2.12. The van der Waals surface area contributed by atoms with Gasteiger partial charge in [-0.05, 0) is 32.9 Å². The molecular formula is C15H17N3O3. The first-order valence-corrected chi connectivity index (χ1v) is 6.57. The van der Waals surface area contributed by atoms with E-state index in [1.165, 1.54) is 6.92 Å². The molecule has 1 atom stereocenters. The minimum Gasteiger partial charge on any atom is -0.480 e. The Balaban J connectivity index is 2.36. The summed E-state index contributed by atoms with van der Waals surface area (Å²) in [5.41, 5.74) is 2.50. The molecule has 0 saturated carbocycles. The van der Waals surface area contributed by atoms with Gasteiger partial charge in [0.25, 0.3) is 5.91 Å².